The van der Waals surface area contributed by atoms with Gasteiger partial charge < -0.3 is 10.1 Å². The minimum atomic E-state index is -0.593. The summed E-state index contributed by atoms with van der Waals surface area (Å²) in [5, 5.41) is 3.76. The van der Waals surface area contributed by atoms with Crippen LogP contribution in [0.25, 0.3) is 50.2 Å². The van der Waals surface area contributed by atoms with Crippen LogP contribution in [0.4, 0.5) is 0 Å². The minimum Gasteiger partial charge on any atom is -0.457 e. The number of amidine groups is 1. The van der Waals surface area contributed by atoms with Crippen molar-refractivity contribution in [1.82, 2.24) is 5.32 Å². The molecule has 1 aliphatic carbocycles. The highest BCUT2D eigenvalue weighted by Gasteiger charge is 2.51. The van der Waals surface area contributed by atoms with Crippen molar-refractivity contribution in [3.8, 4) is 56.0 Å². The Balaban J connectivity index is 0.996. The summed E-state index contributed by atoms with van der Waals surface area (Å²) >= 11 is 0. The molecule has 3 aliphatic rings. The number of aliphatic imine (C=N–C) groups is 1. The van der Waals surface area contributed by atoms with E-state index in [1.54, 1.807) is 0 Å². The number of nitrogens with one attached hydrogen (secondary N) is 1. The van der Waals surface area contributed by atoms with Crippen molar-refractivity contribution in [3.05, 3.63) is 269 Å². The summed E-state index contributed by atoms with van der Waals surface area (Å²) in [6.07, 6.45) is 2.26. The minimum absolute atomic E-state index is 0.0704. The zero-order valence-corrected chi connectivity index (χ0v) is 33.9. The Bertz CT molecular complexity index is 3180. The molecule has 0 saturated carbocycles. The average molecular weight is 793 g/mol. The molecule has 0 aromatic heterocycles. The Labute approximate surface area is 362 Å². The van der Waals surface area contributed by atoms with Crippen LogP contribution in [0.5, 0.6) is 11.5 Å². The molecule has 62 heavy (non-hydrogen) atoms. The first-order chi connectivity index (χ1) is 30.7. The van der Waals surface area contributed by atoms with E-state index in [0.717, 1.165) is 56.4 Å². The zero-order chi connectivity index (χ0) is 41.0. The van der Waals surface area contributed by atoms with E-state index in [9.17, 15) is 0 Å². The Morgan fingerprint density at radius 2 is 0.823 bits per heavy atom. The van der Waals surface area contributed by atoms with E-state index in [-0.39, 0.29) is 6.04 Å². The molecule has 0 bridgehead atoms. The molecule has 9 aromatic rings. The lowest BCUT2D eigenvalue weighted by molar-refractivity contribution is 0.436. The van der Waals surface area contributed by atoms with E-state index in [1.165, 1.54) is 50.1 Å². The highest BCUT2D eigenvalue weighted by atomic mass is 16.5. The largest absolute Gasteiger partial charge is 0.457 e. The normalized spacial score (nSPS) is 15.2. The van der Waals surface area contributed by atoms with Gasteiger partial charge in [-0.1, -0.05) is 194 Å². The molecule has 1 N–H and O–H groups in total. The first-order valence-corrected chi connectivity index (χ1v) is 21.3. The van der Waals surface area contributed by atoms with Crippen LogP contribution >= 0.6 is 0 Å². The maximum atomic E-state index is 6.69. The quantitative estimate of drug-likeness (QED) is 0.182. The highest BCUT2D eigenvalue weighted by Crippen LogP contribution is 2.62. The van der Waals surface area contributed by atoms with Gasteiger partial charge in [0.1, 0.15) is 17.3 Å². The van der Waals surface area contributed by atoms with Gasteiger partial charge in [0.25, 0.3) is 0 Å². The smallest absolute Gasteiger partial charge is 0.134 e. The second kappa shape index (κ2) is 14.6. The van der Waals surface area contributed by atoms with Crippen molar-refractivity contribution in [1.29, 1.82) is 0 Å². The molecule has 0 saturated heterocycles. The summed E-state index contributed by atoms with van der Waals surface area (Å²) in [6, 6.07) is 80.6. The van der Waals surface area contributed by atoms with Crippen molar-refractivity contribution >= 4 is 11.5 Å². The van der Waals surface area contributed by atoms with E-state index >= 15 is 0 Å². The Morgan fingerprint density at radius 3 is 1.44 bits per heavy atom. The molecule has 12 rings (SSSR count). The van der Waals surface area contributed by atoms with Gasteiger partial charge in [-0.3, -0.25) is 0 Å². The number of para-hydroxylation sites is 2. The van der Waals surface area contributed by atoms with Crippen LogP contribution in [-0.2, 0) is 5.41 Å². The Morgan fingerprint density at radius 1 is 0.371 bits per heavy atom. The van der Waals surface area contributed by atoms with Crippen molar-refractivity contribution in [2.24, 2.45) is 4.99 Å². The number of nitrogens with zero attached hydrogens (tertiary/aromatic N) is 1. The lowest BCUT2D eigenvalue weighted by atomic mass is 9.65. The van der Waals surface area contributed by atoms with Crippen molar-refractivity contribution < 1.29 is 4.74 Å². The molecular formula is C59H40N2O. The number of hydrogen-bond acceptors (Lipinski definition) is 3. The SMILES string of the molecule is C1=C(c2cccc(-c3ccc4c(c3)C3(c5ccccc5Oc5ccccc53)c3cc(-c5ccccc5)ccc3-4)c2)N=C(c2ccccc2)NC1c1ccc(-c2ccccc2)cc1. The van der Waals surface area contributed by atoms with E-state index in [0.29, 0.717) is 0 Å². The predicted octanol–water partition coefficient (Wildman–Crippen LogP) is 14.3. The third-order valence-corrected chi connectivity index (χ3v) is 12.8. The molecule has 3 heteroatoms. The van der Waals surface area contributed by atoms with Gasteiger partial charge in [-0.05, 0) is 97.6 Å². The van der Waals surface area contributed by atoms with Crippen molar-refractivity contribution in [2.75, 3.05) is 0 Å². The third-order valence-electron chi connectivity index (χ3n) is 12.8. The number of benzene rings is 9. The van der Waals surface area contributed by atoms with Crippen LogP contribution < -0.4 is 10.1 Å². The molecule has 0 fully saturated rings. The fourth-order valence-corrected chi connectivity index (χ4v) is 9.88. The molecule has 2 heterocycles. The van der Waals surface area contributed by atoms with Gasteiger partial charge in [0.2, 0.25) is 0 Å². The average Bonchev–Trinajstić information content (AvgIpc) is 3.64. The van der Waals surface area contributed by atoms with Crippen LogP contribution in [0.1, 0.15) is 45.0 Å². The first kappa shape index (κ1) is 35.9. The predicted molar refractivity (Wildman–Crippen MR) is 253 cm³/mol. The van der Waals surface area contributed by atoms with E-state index < -0.39 is 5.41 Å². The molecule has 9 aromatic carbocycles. The molecule has 1 unspecified atom stereocenters. The van der Waals surface area contributed by atoms with Gasteiger partial charge in [-0.15, -0.1) is 0 Å². The van der Waals surface area contributed by atoms with Gasteiger partial charge >= 0.3 is 0 Å². The summed E-state index contributed by atoms with van der Waals surface area (Å²) in [7, 11) is 0. The molecule has 0 amide bonds. The van der Waals surface area contributed by atoms with Gasteiger partial charge in [-0.25, -0.2) is 4.99 Å². The summed E-state index contributed by atoms with van der Waals surface area (Å²) in [4.78, 5) is 5.29. The van der Waals surface area contributed by atoms with Gasteiger partial charge in [-0.2, -0.15) is 0 Å². The standard InChI is InChI=1S/C59H40N2O/c1-4-15-39(16-5-1)41-27-29-42(30-28-41)54-38-55(61-58(60-54)43-19-8-3-9-20-43)47-22-14-21-44(35-47)46-32-34-49-48-33-31-45(40-17-6-2-7-18-40)36-52(48)59(53(49)37-46)50-23-10-12-25-56(50)62-57-26-13-11-24-51(57)59/h1-38,54H,(H,60,61). The highest BCUT2D eigenvalue weighted by molar-refractivity contribution is 6.03. The summed E-state index contributed by atoms with van der Waals surface area (Å²) < 4.78 is 6.69. The Kier molecular flexibility index (Phi) is 8.46. The summed E-state index contributed by atoms with van der Waals surface area (Å²) in [5.41, 5.74) is 18.0. The molecule has 292 valence electrons. The zero-order valence-electron chi connectivity index (χ0n) is 33.9. The molecule has 1 atom stereocenters. The van der Waals surface area contributed by atoms with Gasteiger partial charge in [0, 0.05) is 22.3 Å². The number of rotatable bonds is 6. The van der Waals surface area contributed by atoms with Crippen LogP contribution in [0, 0.1) is 0 Å². The fraction of sp³-hybridized carbons (Fsp3) is 0.0339. The second-order valence-electron chi connectivity index (χ2n) is 16.3. The van der Waals surface area contributed by atoms with E-state index in [2.05, 4.69) is 230 Å². The van der Waals surface area contributed by atoms with Gasteiger partial charge in [0.05, 0.1) is 17.2 Å². The van der Waals surface area contributed by atoms with Crippen LogP contribution in [-0.4, -0.2) is 5.84 Å². The van der Waals surface area contributed by atoms with Crippen molar-refractivity contribution in [2.45, 2.75) is 11.5 Å². The van der Waals surface area contributed by atoms with Crippen LogP contribution in [0.3, 0.4) is 0 Å². The topological polar surface area (TPSA) is 33.6 Å². The molecule has 0 radical (unpaired) electrons. The molecule has 1 spiro atoms. The lowest BCUT2D eigenvalue weighted by Crippen LogP contribution is -2.32. The van der Waals surface area contributed by atoms with Crippen molar-refractivity contribution in [3.63, 3.8) is 0 Å². The van der Waals surface area contributed by atoms with Crippen LogP contribution in [0.2, 0.25) is 0 Å². The number of hydrogen-bond donors (Lipinski definition) is 1. The second-order valence-corrected chi connectivity index (χ2v) is 16.3. The van der Waals surface area contributed by atoms with E-state index in [4.69, 9.17) is 9.73 Å². The monoisotopic (exact) mass is 792 g/mol. The summed E-state index contributed by atoms with van der Waals surface area (Å²) in [6.45, 7) is 0. The van der Waals surface area contributed by atoms with Gasteiger partial charge in [0.15, 0.2) is 0 Å². The lowest BCUT2D eigenvalue weighted by Gasteiger charge is -2.39. The third kappa shape index (κ3) is 5.85. The van der Waals surface area contributed by atoms with E-state index in [1.807, 2.05) is 6.07 Å². The fourth-order valence-electron chi connectivity index (χ4n) is 9.88. The Hall–Kier alpha value is -8.01. The first-order valence-electron chi connectivity index (χ1n) is 21.3. The van der Waals surface area contributed by atoms with Crippen LogP contribution in [0.15, 0.2) is 236 Å². The number of fused-ring (bicyclic) bond motifs is 9. The molecule has 3 nitrogen and oxygen atoms in total. The maximum Gasteiger partial charge on any atom is 0.134 e. The summed E-state index contributed by atoms with van der Waals surface area (Å²) in [5.74, 6) is 2.63. The number of ether oxygens (including phenoxy) is 1. The maximum absolute atomic E-state index is 6.69. The molecule has 2 aliphatic heterocycles. The molecular weight excluding hydrogens is 753 g/mol.